The highest BCUT2D eigenvalue weighted by atomic mass is 16.5. The maximum absolute atomic E-state index is 13.2. The molecule has 0 aliphatic rings. The second-order valence-corrected chi connectivity index (χ2v) is 7.42. The van der Waals surface area contributed by atoms with E-state index in [0.717, 1.165) is 16.5 Å². The maximum Gasteiger partial charge on any atom is 0.279 e. The lowest BCUT2D eigenvalue weighted by atomic mass is 10.0. The lowest BCUT2D eigenvalue weighted by Crippen LogP contribution is -2.21. The fourth-order valence-electron chi connectivity index (χ4n) is 3.59. The van der Waals surface area contributed by atoms with Gasteiger partial charge in [-0.05, 0) is 66.2 Å². The molecule has 0 aliphatic carbocycles. The Labute approximate surface area is 184 Å². The van der Waals surface area contributed by atoms with E-state index in [2.05, 4.69) is 5.10 Å². The van der Waals surface area contributed by atoms with Crippen LogP contribution in [-0.2, 0) is 0 Å². The molecule has 0 fully saturated rings. The minimum absolute atomic E-state index is 0.188. The number of hydrogen-bond acceptors (Lipinski definition) is 5. The highest BCUT2D eigenvalue weighted by Crippen LogP contribution is 2.33. The first kappa shape index (κ1) is 19.4. The van der Waals surface area contributed by atoms with Crippen molar-refractivity contribution in [1.82, 2.24) is 9.78 Å². The van der Waals surface area contributed by atoms with Gasteiger partial charge >= 0.3 is 0 Å². The number of ether oxygens (including phenoxy) is 1. The number of benzene rings is 4. The number of fused-ring (bicyclic) bond motifs is 1. The number of rotatable bonds is 4. The van der Waals surface area contributed by atoms with Gasteiger partial charge in [0.2, 0.25) is 0 Å². The van der Waals surface area contributed by atoms with Gasteiger partial charge in [-0.2, -0.15) is 9.78 Å². The monoisotopic (exact) mass is 420 g/mol. The van der Waals surface area contributed by atoms with E-state index < -0.39 is 0 Å². The van der Waals surface area contributed by atoms with Gasteiger partial charge in [0.25, 0.3) is 5.56 Å². The van der Waals surface area contributed by atoms with E-state index in [1.807, 2.05) is 72.8 Å². The van der Waals surface area contributed by atoms with Gasteiger partial charge in [-0.3, -0.25) is 4.79 Å². The molecule has 0 saturated carbocycles. The molecule has 0 saturated heterocycles. The Morgan fingerprint density at radius 2 is 1.41 bits per heavy atom. The second-order valence-electron chi connectivity index (χ2n) is 7.42. The molecule has 1 heterocycles. The van der Waals surface area contributed by atoms with Crippen LogP contribution in [0.1, 0.15) is 0 Å². The average Bonchev–Trinajstić information content (AvgIpc) is 2.82. The van der Waals surface area contributed by atoms with Crippen LogP contribution in [0.25, 0.3) is 27.6 Å². The summed E-state index contributed by atoms with van der Waals surface area (Å²) in [5, 5.41) is 5.83. The van der Waals surface area contributed by atoms with Crippen molar-refractivity contribution in [3.8, 4) is 28.3 Å². The predicted molar refractivity (Wildman–Crippen MR) is 128 cm³/mol. The number of nitrogens with two attached hydrogens (primary N) is 2. The summed E-state index contributed by atoms with van der Waals surface area (Å²) in [7, 11) is 0. The normalized spacial score (nSPS) is 10.9. The lowest BCUT2D eigenvalue weighted by Gasteiger charge is -2.15. The van der Waals surface area contributed by atoms with Crippen LogP contribution in [0.4, 0.5) is 11.4 Å². The SMILES string of the molecule is Nc1ccc(Oc2ccc(-n3ncc4ccccc4c3=O)c(-c3ccc(N)cc3)c2)cc1. The minimum Gasteiger partial charge on any atom is -0.457 e. The molecule has 0 bridgehead atoms. The van der Waals surface area contributed by atoms with E-state index in [4.69, 9.17) is 16.2 Å². The molecule has 6 nitrogen and oxygen atoms in total. The van der Waals surface area contributed by atoms with Crippen molar-refractivity contribution < 1.29 is 4.74 Å². The fourth-order valence-corrected chi connectivity index (χ4v) is 3.59. The van der Waals surface area contributed by atoms with Gasteiger partial charge in [-0.1, -0.05) is 30.3 Å². The van der Waals surface area contributed by atoms with Crippen molar-refractivity contribution in [2.75, 3.05) is 11.5 Å². The van der Waals surface area contributed by atoms with E-state index in [0.29, 0.717) is 33.9 Å². The molecule has 0 radical (unpaired) electrons. The van der Waals surface area contributed by atoms with Crippen LogP contribution in [0.5, 0.6) is 11.5 Å². The molecule has 5 aromatic rings. The van der Waals surface area contributed by atoms with Crippen molar-refractivity contribution in [2.45, 2.75) is 0 Å². The molecule has 32 heavy (non-hydrogen) atoms. The molecule has 4 aromatic carbocycles. The zero-order valence-electron chi connectivity index (χ0n) is 17.1. The fraction of sp³-hybridized carbons (Fsp3) is 0. The first-order chi connectivity index (χ1) is 15.6. The van der Waals surface area contributed by atoms with Crippen LogP contribution >= 0.6 is 0 Å². The number of hydrogen-bond donors (Lipinski definition) is 2. The molecule has 0 aliphatic heterocycles. The standard InChI is InChI=1S/C26H20N4O2/c27-19-7-5-17(6-8-19)24-15-22(32-21-11-9-20(28)10-12-21)13-14-25(24)30-26(31)23-4-2-1-3-18(23)16-29-30/h1-16H,27-28H2. The number of nitrogens with zero attached hydrogens (tertiary/aromatic N) is 2. The Balaban J connectivity index is 1.67. The summed E-state index contributed by atoms with van der Waals surface area (Å²) in [6.07, 6.45) is 1.70. The molecule has 156 valence electrons. The van der Waals surface area contributed by atoms with Crippen LogP contribution in [0.3, 0.4) is 0 Å². The number of aromatic nitrogens is 2. The highest BCUT2D eigenvalue weighted by Gasteiger charge is 2.14. The van der Waals surface area contributed by atoms with Crippen LogP contribution < -0.4 is 21.8 Å². The van der Waals surface area contributed by atoms with Gasteiger partial charge in [0, 0.05) is 22.3 Å². The molecular formula is C26H20N4O2. The third-order valence-corrected chi connectivity index (χ3v) is 5.23. The molecule has 0 unspecified atom stereocenters. The molecular weight excluding hydrogens is 400 g/mol. The summed E-state index contributed by atoms with van der Waals surface area (Å²) in [4.78, 5) is 13.2. The lowest BCUT2D eigenvalue weighted by molar-refractivity contribution is 0.483. The van der Waals surface area contributed by atoms with Gasteiger partial charge in [0.05, 0.1) is 17.3 Å². The van der Waals surface area contributed by atoms with E-state index >= 15 is 0 Å². The number of nitrogen functional groups attached to an aromatic ring is 2. The average molecular weight is 420 g/mol. The first-order valence-corrected chi connectivity index (χ1v) is 10.1. The summed E-state index contributed by atoms with van der Waals surface area (Å²) < 4.78 is 7.44. The Hall–Kier alpha value is -4.58. The quantitative estimate of drug-likeness (QED) is 0.399. The van der Waals surface area contributed by atoms with Crippen LogP contribution in [0.15, 0.2) is 102 Å². The Morgan fingerprint density at radius 3 is 2.16 bits per heavy atom. The molecule has 5 rings (SSSR count). The number of anilines is 2. The third kappa shape index (κ3) is 3.65. The predicted octanol–water partition coefficient (Wildman–Crippen LogP) is 5.01. The van der Waals surface area contributed by atoms with E-state index in [1.54, 1.807) is 24.4 Å². The van der Waals surface area contributed by atoms with Crippen LogP contribution in [0, 0.1) is 0 Å². The third-order valence-electron chi connectivity index (χ3n) is 5.23. The van der Waals surface area contributed by atoms with E-state index in [-0.39, 0.29) is 5.56 Å². The van der Waals surface area contributed by atoms with Gasteiger partial charge < -0.3 is 16.2 Å². The Bertz CT molecular complexity index is 1470. The summed E-state index contributed by atoms with van der Waals surface area (Å²) >= 11 is 0. The summed E-state index contributed by atoms with van der Waals surface area (Å²) in [6, 6.07) is 27.6. The van der Waals surface area contributed by atoms with Crippen molar-refractivity contribution in [3.63, 3.8) is 0 Å². The Morgan fingerprint density at radius 1 is 0.750 bits per heavy atom. The molecule has 4 N–H and O–H groups in total. The van der Waals surface area contributed by atoms with Crippen molar-refractivity contribution in [1.29, 1.82) is 0 Å². The van der Waals surface area contributed by atoms with E-state index in [9.17, 15) is 4.79 Å². The second kappa shape index (κ2) is 7.92. The van der Waals surface area contributed by atoms with Gasteiger partial charge in [-0.25, -0.2) is 0 Å². The summed E-state index contributed by atoms with van der Waals surface area (Å²) in [5.74, 6) is 1.29. The molecule has 0 spiro atoms. The summed E-state index contributed by atoms with van der Waals surface area (Å²) in [6.45, 7) is 0. The van der Waals surface area contributed by atoms with Gasteiger partial charge in [0.1, 0.15) is 11.5 Å². The van der Waals surface area contributed by atoms with Gasteiger partial charge in [0.15, 0.2) is 0 Å². The Kier molecular flexibility index (Phi) is 4.80. The highest BCUT2D eigenvalue weighted by molar-refractivity contribution is 5.82. The van der Waals surface area contributed by atoms with Crippen molar-refractivity contribution >= 4 is 22.1 Å². The smallest absolute Gasteiger partial charge is 0.279 e. The maximum atomic E-state index is 13.2. The zero-order chi connectivity index (χ0) is 22.1. The van der Waals surface area contributed by atoms with Crippen molar-refractivity contribution in [3.05, 3.63) is 108 Å². The van der Waals surface area contributed by atoms with Gasteiger partial charge in [-0.15, -0.1) is 0 Å². The largest absolute Gasteiger partial charge is 0.457 e. The molecule has 1 aromatic heterocycles. The minimum atomic E-state index is -0.188. The molecule has 0 amide bonds. The zero-order valence-corrected chi connectivity index (χ0v) is 17.1. The van der Waals surface area contributed by atoms with Crippen LogP contribution in [-0.4, -0.2) is 9.78 Å². The van der Waals surface area contributed by atoms with Crippen LogP contribution in [0.2, 0.25) is 0 Å². The summed E-state index contributed by atoms with van der Waals surface area (Å²) in [5.41, 5.74) is 15.1. The van der Waals surface area contributed by atoms with E-state index in [1.165, 1.54) is 4.68 Å². The molecule has 6 heteroatoms. The van der Waals surface area contributed by atoms with Crippen molar-refractivity contribution in [2.24, 2.45) is 0 Å². The first-order valence-electron chi connectivity index (χ1n) is 10.1. The molecule has 0 atom stereocenters. The topological polar surface area (TPSA) is 96.2 Å².